The first-order chi connectivity index (χ1) is 20.2. The summed E-state index contributed by atoms with van der Waals surface area (Å²) in [5.74, 6) is -0.391. The van der Waals surface area contributed by atoms with E-state index >= 15 is 4.39 Å². The predicted octanol–water partition coefficient (Wildman–Crippen LogP) is 6.33. The molecule has 0 spiro atoms. The highest BCUT2D eigenvalue weighted by atomic mass is 35.5. The van der Waals surface area contributed by atoms with Crippen LogP contribution in [-0.2, 0) is 27.3 Å². The Morgan fingerprint density at radius 3 is 2.40 bits per heavy atom. The number of rotatable bonds is 9. The zero-order chi connectivity index (χ0) is 29.9. The van der Waals surface area contributed by atoms with Crippen molar-refractivity contribution in [1.29, 1.82) is 0 Å². The van der Waals surface area contributed by atoms with E-state index in [-0.39, 0.29) is 43.7 Å². The number of nitrogens with zero attached hydrogens (tertiary/aromatic N) is 2. The molecule has 3 aromatic rings. The number of carbonyl (C=O) groups excluding carboxylic acids is 2. The van der Waals surface area contributed by atoms with Crippen molar-refractivity contribution in [2.45, 2.75) is 39.2 Å². The number of ether oxygens (including phenoxy) is 3. The van der Waals surface area contributed by atoms with Gasteiger partial charge in [-0.15, -0.1) is 0 Å². The van der Waals surface area contributed by atoms with Gasteiger partial charge in [-0.25, -0.2) is 8.78 Å². The van der Waals surface area contributed by atoms with Crippen LogP contribution in [0.3, 0.4) is 0 Å². The highest BCUT2D eigenvalue weighted by Crippen LogP contribution is 2.41. The van der Waals surface area contributed by atoms with Crippen molar-refractivity contribution in [2.24, 2.45) is 5.41 Å². The van der Waals surface area contributed by atoms with Gasteiger partial charge in [-0.3, -0.25) is 9.59 Å². The maximum Gasteiger partial charge on any atom is 0.315 e. The highest BCUT2D eigenvalue weighted by Gasteiger charge is 2.44. The molecule has 3 aromatic carbocycles. The molecule has 0 bridgehead atoms. The van der Waals surface area contributed by atoms with Crippen LogP contribution in [0.4, 0.5) is 20.2 Å². The molecular weight excluding hydrogens is 566 g/mol. The molecule has 0 aromatic heterocycles. The SMILES string of the molecule is CCOC(=O)C1(COc2ccc(F)c3c2CCC(=O)N3Cc2ccc(OC)cc2)CCN(c2ccc(Cl)cc2F)CC1. The lowest BCUT2D eigenvalue weighted by Crippen LogP contribution is -2.48. The fraction of sp³-hybridized carbons (Fsp3) is 0.375. The van der Waals surface area contributed by atoms with Crippen molar-refractivity contribution in [3.05, 3.63) is 82.4 Å². The number of esters is 1. The van der Waals surface area contributed by atoms with Gasteiger partial charge in [-0.1, -0.05) is 23.7 Å². The Kier molecular flexibility index (Phi) is 8.87. The van der Waals surface area contributed by atoms with Gasteiger partial charge >= 0.3 is 5.97 Å². The third-order valence-corrected chi connectivity index (χ3v) is 8.27. The molecule has 0 N–H and O–H groups in total. The second-order valence-electron chi connectivity index (χ2n) is 10.6. The quantitative estimate of drug-likeness (QED) is 0.268. The third-order valence-electron chi connectivity index (χ3n) is 8.03. The van der Waals surface area contributed by atoms with E-state index in [0.717, 1.165) is 5.56 Å². The topological polar surface area (TPSA) is 68.3 Å². The standard InChI is InChI=1S/C32H33ClF2N2O5/c1-3-41-31(39)32(14-16-36(17-15-32)27-11-6-22(33)18-26(27)35)20-42-28-12-10-25(34)30-24(28)9-13-29(38)37(30)19-21-4-7-23(40-2)8-5-21/h4-8,10-12,18H,3,9,13-17,19-20H2,1-2H3. The van der Waals surface area contributed by atoms with Crippen LogP contribution in [0.1, 0.15) is 37.3 Å². The molecule has 1 amide bonds. The van der Waals surface area contributed by atoms with Crippen molar-refractivity contribution in [3.63, 3.8) is 0 Å². The maximum absolute atomic E-state index is 15.3. The fourth-order valence-corrected chi connectivity index (χ4v) is 5.81. The van der Waals surface area contributed by atoms with E-state index in [1.165, 1.54) is 17.0 Å². The summed E-state index contributed by atoms with van der Waals surface area (Å²) >= 11 is 5.92. The minimum atomic E-state index is -0.968. The molecule has 2 heterocycles. The predicted molar refractivity (Wildman–Crippen MR) is 156 cm³/mol. The summed E-state index contributed by atoms with van der Waals surface area (Å²) in [6, 6.07) is 14.6. The minimum Gasteiger partial charge on any atom is -0.497 e. The van der Waals surface area contributed by atoms with Gasteiger partial charge in [0.05, 0.1) is 31.6 Å². The lowest BCUT2D eigenvalue weighted by atomic mass is 9.79. The Hall–Kier alpha value is -3.85. The Morgan fingerprint density at radius 2 is 1.74 bits per heavy atom. The first-order valence-electron chi connectivity index (χ1n) is 14.0. The smallest absolute Gasteiger partial charge is 0.315 e. The van der Waals surface area contributed by atoms with E-state index in [0.29, 0.717) is 60.1 Å². The third kappa shape index (κ3) is 6.02. The zero-order valence-electron chi connectivity index (χ0n) is 23.6. The van der Waals surface area contributed by atoms with Crippen LogP contribution in [0.5, 0.6) is 11.5 Å². The molecular formula is C32H33ClF2N2O5. The lowest BCUT2D eigenvalue weighted by molar-refractivity contribution is -0.159. The molecule has 2 aliphatic heterocycles. The molecule has 1 saturated heterocycles. The van der Waals surface area contributed by atoms with Gasteiger partial charge in [0.1, 0.15) is 35.2 Å². The van der Waals surface area contributed by atoms with Crippen molar-refractivity contribution in [1.82, 2.24) is 0 Å². The summed E-state index contributed by atoms with van der Waals surface area (Å²) in [7, 11) is 1.57. The molecule has 0 radical (unpaired) electrons. The van der Waals surface area contributed by atoms with Crippen LogP contribution in [0.2, 0.25) is 5.02 Å². The lowest BCUT2D eigenvalue weighted by Gasteiger charge is -2.41. The van der Waals surface area contributed by atoms with Crippen molar-refractivity contribution >= 4 is 34.9 Å². The first-order valence-corrected chi connectivity index (χ1v) is 14.4. The molecule has 222 valence electrons. The van der Waals surface area contributed by atoms with Crippen molar-refractivity contribution in [2.75, 3.05) is 43.2 Å². The van der Waals surface area contributed by atoms with Crippen LogP contribution >= 0.6 is 11.6 Å². The average Bonchev–Trinajstić information content (AvgIpc) is 2.99. The van der Waals surface area contributed by atoms with Gasteiger partial charge in [-0.2, -0.15) is 0 Å². The van der Waals surface area contributed by atoms with E-state index in [9.17, 15) is 14.0 Å². The molecule has 0 atom stereocenters. The van der Waals surface area contributed by atoms with Gasteiger partial charge in [0.15, 0.2) is 0 Å². The van der Waals surface area contributed by atoms with Crippen LogP contribution < -0.4 is 19.3 Å². The van der Waals surface area contributed by atoms with Crippen molar-refractivity contribution < 1.29 is 32.6 Å². The summed E-state index contributed by atoms with van der Waals surface area (Å²) in [5, 5.41) is 0.314. The number of carbonyl (C=O) groups is 2. The first kappa shape index (κ1) is 29.6. The maximum atomic E-state index is 15.3. The number of fused-ring (bicyclic) bond motifs is 1. The molecule has 2 aliphatic rings. The van der Waals surface area contributed by atoms with E-state index in [1.807, 2.05) is 17.0 Å². The monoisotopic (exact) mass is 598 g/mol. The van der Waals surface area contributed by atoms with Crippen LogP contribution in [-0.4, -0.2) is 45.3 Å². The van der Waals surface area contributed by atoms with Crippen LogP contribution in [0.15, 0.2) is 54.6 Å². The summed E-state index contributed by atoms with van der Waals surface area (Å²) in [4.78, 5) is 29.5. The number of benzene rings is 3. The average molecular weight is 599 g/mol. The Labute approximate surface area is 248 Å². The van der Waals surface area contributed by atoms with Crippen molar-refractivity contribution in [3.8, 4) is 11.5 Å². The van der Waals surface area contributed by atoms with Gasteiger partial charge < -0.3 is 24.0 Å². The van der Waals surface area contributed by atoms with Crippen LogP contribution in [0.25, 0.3) is 0 Å². The second-order valence-corrected chi connectivity index (χ2v) is 11.0. The molecule has 1 fully saturated rings. The Morgan fingerprint density at radius 1 is 1.00 bits per heavy atom. The molecule has 0 aliphatic carbocycles. The Balaban J connectivity index is 1.37. The Bertz CT molecular complexity index is 1460. The van der Waals surface area contributed by atoms with E-state index < -0.39 is 17.0 Å². The second kappa shape index (κ2) is 12.6. The number of methoxy groups -OCH3 is 1. The van der Waals surface area contributed by atoms with E-state index in [4.69, 9.17) is 25.8 Å². The van der Waals surface area contributed by atoms with Crippen LogP contribution in [0, 0.1) is 17.0 Å². The largest absolute Gasteiger partial charge is 0.497 e. The molecule has 10 heteroatoms. The molecule has 7 nitrogen and oxygen atoms in total. The number of hydrogen-bond acceptors (Lipinski definition) is 6. The highest BCUT2D eigenvalue weighted by molar-refractivity contribution is 6.30. The number of anilines is 2. The summed E-state index contributed by atoms with van der Waals surface area (Å²) < 4.78 is 46.8. The molecule has 5 rings (SSSR count). The molecule has 0 unspecified atom stereocenters. The minimum absolute atomic E-state index is 0.00721. The summed E-state index contributed by atoms with van der Waals surface area (Å²) in [5.41, 5.74) is 1.06. The van der Waals surface area contributed by atoms with Gasteiger partial charge in [0.2, 0.25) is 5.91 Å². The number of piperidine rings is 1. The number of halogens is 3. The fourth-order valence-electron chi connectivity index (χ4n) is 5.65. The molecule has 0 saturated carbocycles. The van der Waals surface area contributed by atoms with Gasteiger partial charge in [0.25, 0.3) is 0 Å². The summed E-state index contributed by atoms with van der Waals surface area (Å²) in [6.07, 6.45) is 1.27. The summed E-state index contributed by atoms with van der Waals surface area (Å²) in [6.45, 7) is 2.98. The van der Waals surface area contributed by atoms with E-state index in [2.05, 4.69) is 0 Å². The van der Waals surface area contributed by atoms with Gasteiger partial charge in [-0.05, 0) is 74.2 Å². The van der Waals surface area contributed by atoms with Gasteiger partial charge in [0, 0.05) is 30.1 Å². The number of amides is 1. The zero-order valence-corrected chi connectivity index (χ0v) is 24.4. The van der Waals surface area contributed by atoms with E-state index in [1.54, 1.807) is 44.4 Å². The molecule has 42 heavy (non-hydrogen) atoms. The number of hydrogen-bond donors (Lipinski definition) is 0. The normalized spacial score (nSPS) is 16.2.